The van der Waals surface area contributed by atoms with Crippen LogP contribution >= 0.6 is 0 Å². The molecule has 2 saturated heterocycles. The molecule has 2 aromatic carbocycles. The highest BCUT2D eigenvalue weighted by Crippen LogP contribution is 2.34. The minimum atomic E-state index is 0.00000509. The molecule has 0 bridgehead atoms. The van der Waals surface area contributed by atoms with Crippen molar-refractivity contribution in [3.8, 4) is 5.75 Å². The lowest BCUT2D eigenvalue weighted by Crippen LogP contribution is -2.34. The van der Waals surface area contributed by atoms with Crippen molar-refractivity contribution in [1.29, 1.82) is 5.41 Å². The van der Waals surface area contributed by atoms with Crippen LogP contribution in [0.4, 0.5) is 11.6 Å². The molecule has 1 amide bonds. The van der Waals surface area contributed by atoms with E-state index in [0.717, 1.165) is 41.9 Å². The monoisotopic (exact) mass is 443 g/mol. The highest BCUT2D eigenvalue weighted by molar-refractivity contribution is 6.14. The number of carbonyl (C=O) groups is 1. The van der Waals surface area contributed by atoms with Gasteiger partial charge in [0.25, 0.3) is 5.91 Å². The summed E-state index contributed by atoms with van der Waals surface area (Å²) in [6.45, 7) is 3.09. The Labute approximate surface area is 191 Å². The summed E-state index contributed by atoms with van der Waals surface area (Å²) in [6, 6.07) is 13.1. The number of fused-ring (bicyclic) bond motifs is 2. The molecule has 3 heterocycles. The number of methoxy groups -OCH3 is 1. The van der Waals surface area contributed by atoms with Gasteiger partial charge in [-0.3, -0.25) is 10.2 Å². The summed E-state index contributed by atoms with van der Waals surface area (Å²) < 4.78 is 5.28. The molecule has 9 nitrogen and oxygen atoms in total. The van der Waals surface area contributed by atoms with Gasteiger partial charge in [0.15, 0.2) is 0 Å². The number of benzene rings is 2. The van der Waals surface area contributed by atoms with Crippen LogP contribution in [0.3, 0.4) is 0 Å². The second-order valence-electron chi connectivity index (χ2n) is 8.33. The normalized spacial score (nSPS) is 19.8. The summed E-state index contributed by atoms with van der Waals surface area (Å²) >= 11 is 0. The van der Waals surface area contributed by atoms with Gasteiger partial charge in [-0.05, 0) is 30.3 Å². The quantitative estimate of drug-likeness (QED) is 0.448. The maximum Gasteiger partial charge on any atom is 0.256 e. The Morgan fingerprint density at radius 1 is 1.18 bits per heavy atom. The maximum absolute atomic E-state index is 13.2. The molecule has 9 heteroatoms. The van der Waals surface area contributed by atoms with Crippen molar-refractivity contribution in [2.75, 3.05) is 43.6 Å². The van der Waals surface area contributed by atoms with Crippen LogP contribution in [0.1, 0.15) is 10.4 Å². The van der Waals surface area contributed by atoms with Gasteiger partial charge in [0, 0.05) is 55.8 Å². The molecule has 2 aliphatic heterocycles. The van der Waals surface area contributed by atoms with Gasteiger partial charge >= 0.3 is 0 Å². The molecule has 2 unspecified atom stereocenters. The third-order valence-electron chi connectivity index (χ3n) is 6.32. The molecule has 1 aromatic heterocycles. The van der Waals surface area contributed by atoms with Gasteiger partial charge in [-0.2, -0.15) is 5.10 Å². The standard InChI is InChI=1S/C24H25N7O2/c1-33-19-6-7-21-16(10-19)11-26-24(28-21)31-14-17-12-30(13-18(17)15-31)23(32)20-4-2-3-5-22(20)29-27-9-8-25/h2-11,17-18,25,29H,12-15H2,1H3/b25-8?,27-9-. The van der Waals surface area contributed by atoms with Crippen LogP contribution < -0.4 is 15.1 Å². The van der Waals surface area contributed by atoms with E-state index in [9.17, 15) is 4.79 Å². The maximum atomic E-state index is 13.2. The Bertz CT molecular complexity index is 1210. The Balaban J connectivity index is 1.26. The molecule has 33 heavy (non-hydrogen) atoms. The summed E-state index contributed by atoms with van der Waals surface area (Å²) in [7, 11) is 1.65. The zero-order valence-electron chi connectivity index (χ0n) is 18.3. The van der Waals surface area contributed by atoms with E-state index in [4.69, 9.17) is 15.1 Å². The highest BCUT2D eigenvalue weighted by Gasteiger charge is 2.42. The summed E-state index contributed by atoms with van der Waals surface area (Å²) in [5.41, 5.74) is 4.98. The zero-order chi connectivity index (χ0) is 22.8. The Kier molecular flexibility index (Phi) is 5.60. The molecule has 2 fully saturated rings. The first-order valence-corrected chi connectivity index (χ1v) is 10.9. The summed E-state index contributed by atoms with van der Waals surface area (Å²) in [4.78, 5) is 26.7. The average Bonchev–Trinajstić information content (AvgIpc) is 3.43. The lowest BCUT2D eigenvalue weighted by Gasteiger charge is -2.22. The van der Waals surface area contributed by atoms with Gasteiger partial charge in [-0.15, -0.1) is 0 Å². The van der Waals surface area contributed by atoms with E-state index in [1.165, 1.54) is 6.21 Å². The second kappa shape index (κ2) is 8.85. The number of rotatable bonds is 6. The van der Waals surface area contributed by atoms with E-state index >= 15 is 0 Å². The molecule has 5 rings (SSSR count). The van der Waals surface area contributed by atoms with Crippen LogP contribution in [0, 0.1) is 17.2 Å². The predicted octanol–water partition coefficient (Wildman–Crippen LogP) is 2.89. The SMILES string of the molecule is COc1ccc2nc(N3CC4CN(C(=O)c5ccccc5N/N=C\C=N)CC4C3)ncc2c1. The predicted molar refractivity (Wildman–Crippen MR) is 129 cm³/mol. The van der Waals surface area contributed by atoms with Crippen molar-refractivity contribution < 1.29 is 9.53 Å². The van der Waals surface area contributed by atoms with E-state index in [2.05, 4.69) is 20.4 Å². The first kappa shape index (κ1) is 20.9. The molecule has 168 valence electrons. The lowest BCUT2D eigenvalue weighted by atomic mass is 10.0. The van der Waals surface area contributed by atoms with Crippen LogP contribution in [-0.4, -0.2) is 66.5 Å². The first-order valence-electron chi connectivity index (χ1n) is 10.9. The number of amides is 1. The number of carbonyl (C=O) groups excluding carboxylic acids is 1. The minimum absolute atomic E-state index is 0.00000509. The van der Waals surface area contributed by atoms with Gasteiger partial charge in [0.2, 0.25) is 5.95 Å². The number of hydrogen-bond acceptors (Lipinski definition) is 8. The summed E-state index contributed by atoms with van der Waals surface area (Å²) in [6.07, 6.45) is 4.26. The first-order chi connectivity index (χ1) is 16.2. The van der Waals surface area contributed by atoms with E-state index in [1.807, 2.05) is 53.6 Å². The average molecular weight is 444 g/mol. The van der Waals surface area contributed by atoms with E-state index < -0.39 is 0 Å². The van der Waals surface area contributed by atoms with Crippen LogP contribution in [0.5, 0.6) is 5.75 Å². The number of hydrogen-bond donors (Lipinski definition) is 2. The lowest BCUT2D eigenvalue weighted by molar-refractivity contribution is 0.0783. The fourth-order valence-corrected chi connectivity index (χ4v) is 4.68. The Morgan fingerprint density at radius 3 is 2.73 bits per heavy atom. The highest BCUT2D eigenvalue weighted by atomic mass is 16.5. The van der Waals surface area contributed by atoms with Gasteiger partial charge in [0.1, 0.15) is 5.75 Å². The second-order valence-corrected chi connectivity index (χ2v) is 8.33. The number of likely N-dealkylation sites (tertiary alicyclic amines) is 1. The topological polar surface area (TPSA) is 107 Å². The number of hydrazone groups is 1. The van der Waals surface area contributed by atoms with E-state index in [0.29, 0.717) is 36.2 Å². The molecule has 2 N–H and O–H groups in total. The smallest absolute Gasteiger partial charge is 0.256 e. The number of aromatic nitrogens is 2. The molecule has 0 aliphatic carbocycles. The minimum Gasteiger partial charge on any atom is -0.497 e. The number of para-hydroxylation sites is 1. The van der Waals surface area contributed by atoms with Crippen LogP contribution in [-0.2, 0) is 0 Å². The molecule has 0 saturated carbocycles. The van der Waals surface area contributed by atoms with Gasteiger partial charge in [0.05, 0.1) is 30.1 Å². The molecule has 0 radical (unpaired) electrons. The number of ether oxygens (including phenoxy) is 1. The van der Waals surface area contributed by atoms with Gasteiger partial charge < -0.3 is 19.9 Å². The zero-order valence-corrected chi connectivity index (χ0v) is 18.3. The van der Waals surface area contributed by atoms with Gasteiger partial charge in [-0.25, -0.2) is 9.97 Å². The largest absolute Gasteiger partial charge is 0.497 e. The van der Waals surface area contributed by atoms with E-state index in [1.54, 1.807) is 7.11 Å². The van der Waals surface area contributed by atoms with Crippen molar-refractivity contribution in [2.45, 2.75) is 0 Å². The van der Waals surface area contributed by atoms with Crippen molar-refractivity contribution in [3.63, 3.8) is 0 Å². The molecular formula is C24H25N7O2. The molecule has 3 aromatic rings. The van der Waals surface area contributed by atoms with Crippen LogP contribution in [0.25, 0.3) is 10.9 Å². The Morgan fingerprint density at radius 2 is 1.97 bits per heavy atom. The number of nitrogens with zero attached hydrogens (tertiary/aromatic N) is 5. The third kappa shape index (κ3) is 4.09. The van der Waals surface area contributed by atoms with Crippen molar-refractivity contribution in [2.24, 2.45) is 16.9 Å². The third-order valence-corrected chi connectivity index (χ3v) is 6.32. The van der Waals surface area contributed by atoms with Gasteiger partial charge in [-0.1, -0.05) is 12.1 Å². The van der Waals surface area contributed by atoms with Crippen molar-refractivity contribution in [1.82, 2.24) is 14.9 Å². The van der Waals surface area contributed by atoms with Crippen LogP contribution in [0.15, 0.2) is 53.8 Å². The number of anilines is 2. The molecule has 2 aliphatic rings. The molecule has 0 spiro atoms. The number of nitrogens with one attached hydrogen (secondary N) is 2. The fourth-order valence-electron chi connectivity index (χ4n) is 4.68. The molecular weight excluding hydrogens is 418 g/mol. The van der Waals surface area contributed by atoms with Crippen molar-refractivity contribution >= 4 is 40.9 Å². The van der Waals surface area contributed by atoms with E-state index in [-0.39, 0.29) is 5.91 Å². The summed E-state index contributed by atoms with van der Waals surface area (Å²) in [5.74, 6) is 2.30. The van der Waals surface area contributed by atoms with Crippen molar-refractivity contribution in [3.05, 3.63) is 54.2 Å². The Hall–Kier alpha value is -4.01. The van der Waals surface area contributed by atoms with Crippen LogP contribution in [0.2, 0.25) is 0 Å². The summed E-state index contributed by atoms with van der Waals surface area (Å²) in [5, 5.41) is 11.9. The fraction of sp³-hybridized carbons (Fsp3) is 0.292. The molecule has 2 atom stereocenters.